The van der Waals surface area contributed by atoms with Crippen LogP contribution < -0.4 is 15.5 Å². The number of carbonyl (C=O) groups is 2. The van der Waals surface area contributed by atoms with E-state index in [2.05, 4.69) is 10.6 Å². The minimum atomic E-state index is -4.40. The Morgan fingerprint density at radius 1 is 0.938 bits per heavy atom. The number of hydrogen-bond acceptors (Lipinski definition) is 3. The van der Waals surface area contributed by atoms with Crippen LogP contribution in [-0.2, 0) is 11.0 Å². The van der Waals surface area contributed by atoms with Crippen molar-refractivity contribution in [3.63, 3.8) is 0 Å². The monoisotopic (exact) mass is 448 g/mol. The van der Waals surface area contributed by atoms with Gasteiger partial charge in [0.05, 0.1) is 5.56 Å². The number of benzene rings is 2. The lowest BCUT2D eigenvalue weighted by Gasteiger charge is -2.38. The normalized spacial score (nSPS) is 15.4. The molecule has 2 aromatic carbocycles. The van der Waals surface area contributed by atoms with Gasteiger partial charge in [-0.05, 0) is 36.2 Å². The number of nitrogens with one attached hydrogen (secondary N) is 2. The molecule has 1 heterocycles. The van der Waals surface area contributed by atoms with Gasteiger partial charge in [-0.25, -0.2) is 4.79 Å². The van der Waals surface area contributed by atoms with Crippen LogP contribution in [-0.4, -0.2) is 49.1 Å². The minimum absolute atomic E-state index is 0.134. The average Bonchev–Trinajstić information content (AvgIpc) is 2.77. The van der Waals surface area contributed by atoms with Crippen LogP contribution in [0.5, 0.6) is 0 Å². The lowest BCUT2D eigenvalue weighted by molar-refractivity contribution is -0.137. The van der Waals surface area contributed by atoms with E-state index in [1.54, 1.807) is 35.2 Å². The Morgan fingerprint density at radius 3 is 2.19 bits per heavy atom. The van der Waals surface area contributed by atoms with Crippen molar-refractivity contribution < 1.29 is 22.8 Å². The minimum Gasteiger partial charge on any atom is -0.368 e. The summed E-state index contributed by atoms with van der Waals surface area (Å²) < 4.78 is 39.0. The van der Waals surface area contributed by atoms with E-state index >= 15 is 0 Å². The number of para-hydroxylation sites is 1. The number of alkyl halides is 3. The second kappa shape index (κ2) is 9.93. The highest BCUT2D eigenvalue weighted by Crippen LogP contribution is 2.32. The lowest BCUT2D eigenvalue weighted by atomic mass is 10.0. The maximum atomic E-state index is 13.1. The van der Waals surface area contributed by atoms with E-state index in [4.69, 9.17) is 0 Å². The molecule has 2 N–H and O–H groups in total. The number of carbonyl (C=O) groups excluding carboxylic acids is 2. The van der Waals surface area contributed by atoms with Crippen LogP contribution in [0.1, 0.15) is 19.4 Å². The van der Waals surface area contributed by atoms with E-state index in [-0.39, 0.29) is 11.8 Å². The molecular formula is C23H27F3N4O2. The van der Waals surface area contributed by atoms with Gasteiger partial charge in [-0.1, -0.05) is 38.1 Å². The SMILES string of the molecule is CC(C)C(NC(=O)Nc1ccccc1)C(=O)N1CCN(c2cccc(C(F)(F)F)c2)CC1. The number of halogens is 3. The van der Waals surface area contributed by atoms with Crippen molar-refractivity contribution in [3.05, 3.63) is 60.2 Å². The summed E-state index contributed by atoms with van der Waals surface area (Å²) in [6, 6.07) is 12.9. The molecule has 1 saturated heterocycles. The highest BCUT2D eigenvalue weighted by molar-refractivity contribution is 5.93. The number of amides is 3. The fourth-order valence-electron chi connectivity index (χ4n) is 3.60. The molecule has 32 heavy (non-hydrogen) atoms. The highest BCUT2D eigenvalue weighted by Gasteiger charge is 2.33. The Kier molecular flexibility index (Phi) is 7.27. The topological polar surface area (TPSA) is 64.7 Å². The van der Waals surface area contributed by atoms with Crippen molar-refractivity contribution in [3.8, 4) is 0 Å². The van der Waals surface area contributed by atoms with E-state index in [9.17, 15) is 22.8 Å². The summed E-state index contributed by atoms with van der Waals surface area (Å²) in [5.41, 5.74) is 0.407. The van der Waals surface area contributed by atoms with Crippen molar-refractivity contribution in [2.45, 2.75) is 26.1 Å². The van der Waals surface area contributed by atoms with Crippen molar-refractivity contribution in [2.75, 3.05) is 36.4 Å². The maximum absolute atomic E-state index is 13.1. The van der Waals surface area contributed by atoms with E-state index < -0.39 is 23.8 Å². The van der Waals surface area contributed by atoms with Crippen LogP contribution in [0, 0.1) is 5.92 Å². The van der Waals surface area contributed by atoms with E-state index in [0.717, 1.165) is 12.1 Å². The molecule has 0 saturated carbocycles. The van der Waals surface area contributed by atoms with Gasteiger partial charge in [0.1, 0.15) is 6.04 Å². The molecule has 0 aromatic heterocycles. The second-order valence-electron chi connectivity index (χ2n) is 8.05. The molecule has 3 amide bonds. The summed E-state index contributed by atoms with van der Waals surface area (Å²) in [4.78, 5) is 28.9. The van der Waals surface area contributed by atoms with Gasteiger partial charge in [-0.15, -0.1) is 0 Å². The molecule has 1 fully saturated rings. The quantitative estimate of drug-likeness (QED) is 0.721. The first kappa shape index (κ1) is 23.4. The predicted molar refractivity (Wildman–Crippen MR) is 117 cm³/mol. The van der Waals surface area contributed by atoms with Crippen molar-refractivity contribution in [1.82, 2.24) is 10.2 Å². The summed E-state index contributed by atoms with van der Waals surface area (Å²) >= 11 is 0. The largest absolute Gasteiger partial charge is 0.416 e. The molecule has 1 atom stereocenters. The fourth-order valence-corrected chi connectivity index (χ4v) is 3.60. The smallest absolute Gasteiger partial charge is 0.368 e. The molecule has 0 bridgehead atoms. The van der Waals surface area contributed by atoms with E-state index in [0.29, 0.717) is 37.6 Å². The molecule has 0 radical (unpaired) electrons. The molecule has 2 aromatic rings. The van der Waals surface area contributed by atoms with Gasteiger partial charge in [0.15, 0.2) is 0 Å². The Balaban J connectivity index is 1.59. The third-order valence-corrected chi connectivity index (χ3v) is 5.38. The van der Waals surface area contributed by atoms with Gasteiger partial charge >= 0.3 is 12.2 Å². The van der Waals surface area contributed by atoms with Crippen molar-refractivity contribution in [2.24, 2.45) is 5.92 Å². The first-order valence-electron chi connectivity index (χ1n) is 10.5. The van der Waals surface area contributed by atoms with Gasteiger partial charge in [0.2, 0.25) is 5.91 Å². The van der Waals surface area contributed by atoms with Gasteiger partial charge in [0, 0.05) is 37.6 Å². The van der Waals surface area contributed by atoms with Gasteiger partial charge in [-0.3, -0.25) is 4.79 Å². The first-order chi connectivity index (χ1) is 15.1. The molecule has 172 valence electrons. The molecule has 0 spiro atoms. The van der Waals surface area contributed by atoms with Gasteiger partial charge in [0.25, 0.3) is 0 Å². The summed E-state index contributed by atoms with van der Waals surface area (Å²) in [5.74, 6) is -0.336. The zero-order chi connectivity index (χ0) is 23.3. The molecule has 9 heteroatoms. The van der Waals surface area contributed by atoms with Crippen LogP contribution in [0.25, 0.3) is 0 Å². The van der Waals surface area contributed by atoms with Crippen LogP contribution >= 0.6 is 0 Å². The van der Waals surface area contributed by atoms with Crippen molar-refractivity contribution >= 4 is 23.3 Å². The summed E-state index contributed by atoms with van der Waals surface area (Å²) in [6.07, 6.45) is -4.40. The molecule has 0 aliphatic carbocycles. The zero-order valence-corrected chi connectivity index (χ0v) is 18.0. The number of hydrogen-bond donors (Lipinski definition) is 2. The molecule has 1 aliphatic heterocycles. The average molecular weight is 448 g/mol. The second-order valence-corrected chi connectivity index (χ2v) is 8.05. The third kappa shape index (κ3) is 5.93. The van der Waals surface area contributed by atoms with Crippen molar-refractivity contribution in [1.29, 1.82) is 0 Å². The van der Waals surface area contributed by atoms with E-state index in [1.165, 1.54) is 6.07 Å². The van der Waals surface area contributed by atoms with Crippen LogP contribution in [0.3, 0.4) is 0 Å². The first-order valence-corrected chi connectivity index (χ1v) is 10.5. The standard InChI is InChI=1S/C23H27F3N4O2/c1-16(2)20(28-22(32)27-18-8-4-3-5-9-18)21(31)30-13-11-29(12-14-30)19-10-6-7-17(15-19)23(24,25)26/h3-10,15-16,20H,11-14H2,1-2H3,(H2,27,28,32). The predicted octanol–water partition coefficient (Wildman–Crippen LogP) is 4.20. The summed E-state index contributed by atoms with van der Waals surface area (Å²) in [7, 11) is 0. The zero-order valence-electron chi connectivity index (χ0n) is 18.0. The molecule has 1 aliphatic rings. The van der Waals surface area contributed by atoms with E-state index in [1.807, 2.05) is 24.8 Å². The number of rotatable bonds is 5. The third-order valence-electron chi connectivity index (χ3n) is 5.38. The number of piperazine rings is 1. The number of urea groups is 1. The maximum Gasteiger partial charge on any atom is 0.416 e. The Labute approximate surface area is 185 Å². The molecule has 3 rings (SSSR count). The summed E-state index contributed by atoms with van der Waals surface area (Å²) in [5, 5.41) is 5.46. The Morgan fingerprint density at radius 2 is 1.59 bits per heavy atom. The lowest BCUT2D eigenvalue weighted by Crippen LogP contribution is -2.57. The molecule has 6 nitrogen and oxygen atoms in total. The number of nitrogens with zero attached hydrogens (tertiary/aromatic N) is 2. The Bertz CT molecular complexity index is 926. The van der Waals surface area contributed by atoms with Gasteiger partial charge in [-0.2, -0.15) is 13.2 Å². The molecule has 1 unspecified atom stereocenters. The summed E-state index contributed by atoms with van der Waals surface area (Å²) in [6.45, 7) is 5.25. The fraction of sp³-hybridized carbons (Fsp3) is 0.391. The van der Waals surface area contributed by atoms with Crippen LogP contribution in [0.4, 0.5) is 29.3 Å². The van der Waals surface area contributed by atoms with Gasteiger partial charge < -0.3 is 20.4 Å². The highest BCUT2D eigenvalue weighted by atomic mass is 19.4. The molecular weight excluding hydrogens is 421 g/mol. The Hall–Kier alpha value is -3.23. The number of anilines is 2. The van der Waals surface area contributed by atoms with Crippen LogP contribution in [0.15, 0.2) is 54.6 Å². The van der Waals surface area contributed by atoms with Crippen LogP contribution in [0.2, 0.25) is 0 Å².